The van der Waals surface area contributed by atoms with Crippen molar-refractivity contribution in [2.24, 2.45) is 5.73 Å². The fraction of sp³-hybridized carbons (Fsp3) is 0.636. The normalized spacial score (nSPS) is 15.4. The molecular weight excluding hydrogens is 160 g/mol. The van der Waals surface area contributed by atoms with Gasteiger partial charge in [-0.05, 0) is 25.5 Å². The lowest BCUT2D eigenvalue weighted by Gasteiger charge is -2.11. The van der Waals surface area contributed by atoms with Gasteiger partial charge in [-0.25, -0.2) is 0 Å². The topological polar surface area (TPSA) is 38.0 Å². The molecule has 0 aromatic rings. The van der Waals surface area contributed by atoms with Crippen molar-refractivity contribution in [2.45, 2.75) is 26.7 Å². The summed E-state index contributed by atoms with van der Waals surface area (Å²) in [6, 6.07) is 0. The predicted molar refractivity (Wildman–Crippen MR) is 59.7 cm³/mol. The van der Waals surface area contributed by atoms with Crippen molar-refractivity contribution >= 4 is 0 Å². The zero-order valence-electron chi connectivity index (χ0n) is 9.06. The Morgan fingerprint density at radius 2 is 2.15 bits per heavy atom. The first-order valence-corrected chi connectivity index (χ1v) is 5.10. The molecule has 2 nitrogen and oxygen atoms in total. The van der Waals surface area contributed by atoms with Gasteiger partial charge in [0.2, 0.25) is 0 Å². The number of allylic oxidation sites excluding steroid dienone is 1. The Hall–Kier alpha value is -0.600. The molecule has 1 aliphatic carbocycles. The molecule has 0 saturated heterocycles. The van der Waals surface area contributed by atoms with Gasteiger partial charge in [0.15, 0.2) is 0 Å². The molecule has 0 aliphatic heterocycles. The van der Waals surface area contributed by atoms with E-state index in [0.29, 0.717) is 6.54 Å². The molecule has 0 radical (unpaired) electrons. The van der Waals surface area contributed by atoms with E-state index in [0.717, 1.165) is 19.4 Å². The maximum Gasteiger partial charge on any atom is 0.0199 e. The lowest BCUT2D eigenvalue weighted by atomic mass is 9.99. The summed E-state index contributed by atoms with van der Waals surface area (Å²) in [5, 5.41) is 3.13. The second-order valence-electron chi connectivity index (χ2n) is 2.85. The van der Waals surface area contributed by atoms with E-state index < -0.39 is 0 Å². The number of nitrogens with one attached hydrogen (secondary N) is 1. The Balaban J connectivity index is 0.000000671. The molecule has 0 bridgehead atoms. The highest BCUT2D eigenvalue weighted by Gasteiger charge is 2.02. The van der Waals surface area contributed by atoms with Crippen molar-refractivity contribution in [2.75, 3.05) is 20.1 Å². The van der Waals surface area contributed by atoms with E-state index in [9.17, 15) is 0 Å². The van der Waals surface area contributed by atoms with E-state index >= 15 is 0 Å². The molecule has 0 unspecified atom stereocenters. The Bertz CT molecular complexity index is 181. The van der Waals surface area contributed by atoms with Gasteiger partial charge in [-0.2, -0.15) is 0 Å². The third kappa shape index (κ3) is 4.86. The van der Waals surface area contributed by atoms with Gasteiger partial charge >= 0.3 is 0 Å². The Morgan fingerprint density at radius 3 is 2.69 bits per heavy atom. The van der Waals surface area contributed by atoms with E-state index in [1.807, 2.05) is 20.9 Å². The number of nitrogens with two attached hydrogens (primary N) is 1. The van der Waals surface area contributed by atoms with E-state index in [1.54, 1.807) is 0 Å². The molecule has 2 heteroatoms. The minimum absolute atomic E-state index is 0.709. The first-order valence-electron chi connectivity index (χ1n) is 5.10. The number of hydrogen-bond donors (Lipinski definition) is 2. The van der Waals surface area contributed by atoms with Crippen molar-refractivity contribution in [1.29, 1.82) is 0 Å². The van der Waals surface area contributed by atoms with Gasteiger partial charge in [0, 0.05) is 13.1 Å². The fourth-order valence-electron chi connectivity index (χ4n) is 1.32. The second kappa shape index (κ2) is 8.02. The third-order valence-corrected chi connectivity index (χ3v) is 1.90. The molecule has 0 aromatic carbocycles. The SMILES string of the molecule is CC.CNCC1=CCCC(CN)=C1. The van der Waals surface area contributed by atoms with Crippen LogP contribution in [0.5, 0.6) is 0 Å². The minimum Gasteiger partial charge on any atom is -0.327 e. The van der Waals surface area contributed by atoms with Crippen LogP contribution in [0.25, 0.3) is 0 Å². The maximum absolute atomic E-state index is 5.55. The van der Waals surface area contributed by atoms with E-state index in [2.05, 4.69) is 17.5 Å². The molecule has 0 spiro atoms. The Kier molecular flexibility index (Phi) is 7.65. The first kappa shape index (κ1) is 12.4. The molecule has 3 N–H and O–H groups in total. The quantitative estimate of drug-likeness (QED) is 0.699. The molecular formula is C11H22N2. The summed E-state index contributed by atoms with van der Waals surface area (Å²) in [5.74, 6) is 0. The summed E-state index contributed by atoms with van der Waals surface area (Å²) >= 11 is 0. The van der Waals surface area contributed by atoms with E-state index in [4.69, 9.17) is 5.73 Å². The molecule has 13 heavy (non-hydrogen) atoms. The van der Waals surface area contributed by atoms with Crippen LogP contribution in [0.15, 0.2) is 23.3 Å². The summed E-state index contributed by atoms with van der Waals surface area (Å²) in [7, 11) is 1.96. The average molecular weight is 182 g/mol. The van der Waals surface area contributed by atoms with Crippen LogP contribution in [0.2, 0.25) is 0 Å². The summed E-state index contributed by atoms with van der Waals surface area (Å²) in [6.45, 7) is 5.67. The zero-order valence-corrected chi connectivity index (χ0v) is 9.06. The standard InChI is InChI=1S/C9H16N2.C2H6/c1-11-7-9-4-2-3-8(5-9)6-10;1-2/h4-5,11H,2-3,6-7,10H2,1H3;1-2H3. The second-order valence-corrected chi connectivity index (χ2v) is 2.85. The van der Waals surface area contributed by atoms with Gasteiger partial charge in [0.25, 0.3) is 0 Å². The van der Waals surface area contributed by atoms with Crippen LogP contribution < -0.4 is 11.1 Å². The maximum atomic E-state index is 5.55. The molecule has 0 fully saturated rings. The van der Waals surface area contributed by atoms with Gasteiger partial charge in [-0.15, -0.1) is 0 Å². The first-order chi connectivity index (χ1) is 6.36. The van der Waals surface area contributed by atoms with Crippen molar-refractivity contribution in [3.05, 3.63) is 23.3 Å². The summed E-state index contributed by atoms with van der Waals surface area (Å²) in [6.07, 6.45) is 6.78. The minimum atomic E-state index is 0.709. The van der Waals surface area contributed by atoms with Gasteiger partial charge in [0.1, 0.15) is 0 Å². The highest BCUT2D eigenvalue weighted by Crippen LogP contribution is 2.15. The van der Waals surface area contributed by atoms with Gasteiger partial charge < -0.3 is 11.1 Å². The molecule has 1 rings (SSSR count). The molecule has 0 heterocycles. The Labute approximate surface area is 81.9 Å². The molecule has 0 saturated carbocycles. The molecule has 0 aromatic heterocycles. The predicted octanol–water partition coefficient (Wildman–Crippen LogP) is 1.84. The van der Waals surface area contributed by atoms with Crippen molar-refractivity contribution in [3.8, 4) is 0 Å². The highest BCUT2D eigenvalue weighted by atomic mass is 14.8. The van der Waals surface area contributed by atoms with Gasteiger partial charge in [-0.3, -0.25) is 0 Å². The summed E-state index contributed by atoms with van der Waals surface area (Å²) in [5.41, 5.74) is 8.29. The summed E-state index contributed by atoms with van der Waals surface area (Å²) in [4.78, 5) is 0. The van der Waals surface area contributed by atoms with Crippen LogP contribution >= 0.6 is 0 Å². The van der Waals surface area contributed by atoms with Crippen LogP contribution in [-0.4, -0.2) is 20.1 Å². The number of likely N-dealkylation sites (N-methyl/N-ethyl adjacent to an activating group) is 1. The van der Waals surface area contributed by atoms with E-state index in [-0.39, 0.29) is 0 Å². The molecule has 76 valence electrons. The smallest absolute Gasteiger partial charge is 0.0199 e. The number of rotatable bonds is 3. The fourth-order valence-corrected chi connectivity index (χ4v) is 1.32. The largest absolute Gasteiger partial charge is 0.327 e. The highest BCUT2D eigenvalue weighted by molar-refractivity contribution is 5.29. The Morgan fingerprint density at radius 1 is 1.46 bits per heavy atom. The summed E-state index contributed by atoms with van der Waals surface area (Å²) < 4.78 is 0. The third-order valence-electron chi connectivity index (χ3n) is 1.90. The monoisotopic (exact) mass is 182 g/mol. The van der Waals surface area contributed by atoms with Crippen molar-refractivity contribution in [3.63, 3.8) is 0 Å². The average Bonchev–Trinajstić information content (AvgIpc) is 2.22. The zero-order chi connectivity index (χ0) is 10.1. The molecule has 0 atom stereocenters. The number of hydrogen-bond acceptors (Lipinski definition) is 2. The van der Waals surface area contributed by atoms with Crippen LogP contribution in [0, 0.1) is 0 Å². The van der Waals surface area contributed by atoms with Crippen LogP contribution in [0.1, 0.15) is 26.7 Å². The van der Waals surface area contributed by atoms with Crippen LogP contribution in [0.4, 0.5) is 0 Å². The van der Waals surface area contributed by atoms with Crippen LogP contribution in [-0.2, 0) is 0 Å². The van der Waals surface area contributed by atoms with Crippen molar-refractivity contribution in [1.82, 2.24) is 5.32 Å². The van der Waals surface area contributed by atoms with Gasteiger partial charge in [0.05, 0.1) is 0 Å². The molecule has 1 aliphatic rings. The molecule has 0 amide bonds. The lowest BCUT2D eigenvalue weighted by Crippen LogP contribution is -2.13. The van der Waals surface area contributed by atoms with Crippen LogP contribution in [0.3, 0.4) is 0 Å². The lowest BCUT2D eigenvalue weighted by molar-refractivity contribution is 0.846. The van der Waals surface area contributed by atoms with Crippen molar-refractivity contribution < 1.29 is 0 Å². The van der Waals surface area contributed by atoms with E-state index in [1.165, 1.54) is 11.1 Å². The van der Waals surface area contributed by atoms with Gasteiger partial charge in [-0.1, -0.05) is 31.6 Å².